The van der Waals surface area contributed by atoms with E-state index in [0.29, 0.717) is 16.3 Å². The van der Waals surface area contributed by atoms with Crippen molar-refractivity contribution in [1.29, 1.82) is 0 Å². The highest BCUT2D eigenvalue weighted by atomic mass is 35.5. The number of nitrogens with zero attached hydrogens (tertiary/aromatic N) is 2. The SMILES string of the molecule is CCCCn1cc(C=O)c(-c2ccccc2Cl)n1. The molecule has 2 aromatic rings. The van der Waals surface area contributed by atoms with Crippen LogP contribution in [0.25, 0.3) is 11.3 Å². The number of aryl methyl sites for hydroxylation is 1. The Bertz CT molecular complexity index is 548. The van der Waals surface area contributed by atoms with Gasteiger partial charge in [-0.1, -0.05) is 43.1 Å². The van der Waals surface area contributed by atoms with E-state index in [1.807, 2.05) is 22.9 Å². The van der Waals surface area contributed by atoms with Crippen LogP contribution in [-0.4, -0.2) is 16.1 Å². The van der Waals surface area contributed by atoms with E-state index in [2.05, 4.69) is 12.0 Å². The molecule has 0 aliphatic heterocycles. The third-order valence-corrected chi connectivity index (χ3v) is 3.12. The molecule has 0 unspecified atom stereocenters. The first-order valence-electron chi connectivity index (χ1n) is 6.03. The molecule has 94 valence electrons. The second-order valence-electron chi connectivity index (χ2n) is 4.15. The van der Waals surface area contributed by atoms with Crippen LogP contribution in [0.4, 0.5) is 0 Å². The van der Waals surface area contributed by atoms with Gasteiger partial charge in [-0.15, -0.1) is 0 Å². The first kappa shape index (κ1) is 12.8. The lowest BCUT2D eigenvalue weighted by atomic mass is 10.1. The summed E-state index contributed by atoms with van der Waals surface area (Å²) in [4.78, 5) is 11.1. The van der Waals surface area contributed by atoms with Gasteiger partial charge in [0.25, 0.3) is 0 Å². The van der Waals surface area contributed by atoms with Crippen LogP contribution in [0, 0.1) is 0 Å². The van der Waals surface area contributed by atoms with Crippen molar-refractivity contribution in [2.24, 2.45) is 0 Å². The van der Waals surface area contributed by atoms with Crippen molar-refractivity contribution in [1.82, 2.24) is 9.78 Å². The number of carbonyl (C=O) groups excluding carboxylic acids is 1. The zero-order valence-corrected chi connectivity index (χ0v) is 11.0. The molecule has 4 heteroatoms. The Kier molecular flexibility index (Phi) is 4.15. The predicted molar refractivity (Wildman–Crippen MR) is 73.0 cm³/mol. The summed E-state index contributed by atoms with van der Waals surface area (Å²) in [6.07, 6.45) is 4.75. The van der Waals surface area contributed by atoms with E-state index >= 15 is 0 Å². The number of benzene rings is 1. The first-order chi connectivity index (χ1) is 8.76. The molecular weight excluding hydrogens is 248 g/mol. The van der Waals surface area contributed by atoms with Gasteiger partial charge >= 0.3 is 0 Å². The Balaban J connectivity index is 2.40. The second kappa shape index (κ2) is 5.83. The van der Waals surface area contributed by atoms with Crippen molar-refractivity contribution >= 4 is 17.9 Å². The Morgan fingerprint density at radius 3 is 2.83 bits per heavy atom. The third-order valence-electron chi connectivity index (χ3n) is 2.79. The maximum atomic E-state index is 11.1. The summed E-state index contributed by atoms with van der Waals surface area (Å²) in [7, 11) is 0. The van der Waals surface area contributed by atoms with Gasteiger partial charge in [0.1, 0.15) is 5.69 Å². The van der Waals surface area contributed by atoms with Crippen LogP contribution in [0.1, 0.15) is 30.1 Å². The molecule has 0 aliphatic carbocycles. The lowest BCUT2D eigenvalue weighted by Gasteiger charge is -2.01. The fraction of sp³-hybridized carbons (Fsp3) is 0.286. The Hall–Kier alpha value is -1.61. The fourth-order valence-electron chi connectivity index (χ4n) is 1.82. The highest BCUT2D eigenvalue weighted by Crippen LogP contribution is 2.28. The molecule has 0 fully saturated rings. The summed E-state index contributed by atoms with van der Waals surface area (Å²) in [6.45, 7) is 2.95. The lowest BCUT2D eigenvalue weighted by molar-refractivity contribution is 0.112. The molecule has 0 N–H and O–H groups in total. The summed E-state index contributed by atoms with van der Waals surface area (Å²) in [5, 5.41) is 5.06. The van der Waals surface area contributed by atoms with E-state index in [4.69, 9.17) is 11.6 Å². The summed E-state index contributed by atoms with van der Waals surface area (Å²) < 4.78 is 1.81. The minimum absolute atomic E-state index is 0.583. The monoisotopic (exact) mass is 262 g/mol. The number of aromatic nitrogens is 2. The van der Waals surface area contributed by atoms with Gasteiger partial charge in [-0.05, 0) is 12.5 Å². The summed E-state index contributed by atoms with van der Waals surface area (Å²) in [5.74, 6) is 0. The number of aldehydes is 1. The van der Waals surface area contributed by atoms with E-state index in [1.54, 1.807) is 12.3 Å². The molecule has 0 spiro atoms. The van der Waals surface area contributed by atoms with Crippen LogP contribution < -0.4 is 0 Å². The van der Waals surface area contributed by atoms with E-state index in [1.165, 1.54) is 0 Å². The molecule has 0 saturated heterocycles. The molecule has 2 rings (SSSR count). The van der Waals surface area contributed by atoms with Crippen LogP contribution in [0.15, 0.2) is 30.5 Å². The van der Waals surface area contributed by atoms with Gasteiger partial charge in [0, 0.05) is 18.3 Å². The molecule has 1 heterocycles. The topological polar surface area (TPSA) is 34.9 Å². The van der Waals surface area contributed by atoms with E-state index in [0.717, 1.165) is 31.2 Å². The average molecular weight is 263 g/mol. The van der Waals surface area contributed by atoms with Gasteiger partial charge in [0.2, 0.25) is 0 Å². The Morgan fingerprint density at radius 1 is 1.39 bits per heavy atom. The quantitative estimate of drug-likeness (QED) is 0.768. The second-order valence-corrected chi connectivity index (χ2v) is 4.55. The molecule has 0 aliphatic rings. The third kappa shape index (κ3) is 2.62. The standard InChI is InChI=1S/C14H15ClN2O/c1-2-3-8-17-9-11(10-18)14(16-17)12-6-4-5-7-13(12)15/h4-7,9-10H,2-3,8H2,1H3. The first-order valence-corrected chi connectivity index (χ1v) is 6.41. The summed E-state index contributed by atoms with van der Waals surface area (Å²) in [5.41, 5.74) is 2.04. The van der Waals surface area contributed by atoms with Crippen LogP contribution in [0.2, 0.25) is 5.02 Å². The van der Waals surface area contributed by atoms with Crippen molar-refractivity contribution in [3.05, 3.63) is 41.0 Å². The van der Waals surface area contributed by atoms with Crippen molar-refractivity contribution < 1.29 is 4.79 Å². The van der Waals surface area contributed by atoms with E-state index in [9.17, 15) is 4.79 Å². The fourth-order valence-corrected chi connectivity index (χ4v) is 2.05. The minimum atomic E-state index is 0.583. The molecule has 0 amide bonds. The molecule has 0 atom stereocenters. The molecule has 0 radical (unpaired) electrons. The largest absolute Gasteiger partial charge is 0.298 e. The lowest BCUT2D eigenvalue weighted by Crippen LogP contribution is -1.98. The summed E-state index contributed by atoms with van der Waals surface area (Å²) >= 11 is 6.14. The number of hydrogen-bond donors (Lipinski definition) is 0. The van der Waals surface area contributed by atoms with Crippen LogP contribution in [0.3, 0.4) is 0 Å². The minimum Gasteiger partial charge on any atom is -0.298 e. The Morgan fingerprint density at radius 2 is 2.17 bits per heavy atom. The molecule has 0 bridgehead atoms. The summed E-state index contributed by atoms with van der Waals surface area (Å²) in [6, 6.07) is 7.43. The van der Waals surface area contributed by atoms with Gasteiger partial charge in [-0.25, -0.2) is 0 Å². The van der Waals surface area contributed by atoms with Gasteiger partial charge in [-0.3, -0.25) is 9.48 Å². The molecule has 18 heavy (non-hydrogen) atoms. The Labute approximate surface area is 111 Å². The zero-order valence-electron chi connectivity index (χ0n) is 10.3. The predicted octanol–water partition coefficient (Wildman–Crippen LogP) is 3.82. The molecule has 1 aromatic carbocycles. The average Bonchev–Trinajstić information content (AvgIpc) is 2.80. The van der Waals surface area contributed by atoms with E-state index < -0.39 is 0 Å². The molecule has 1 aromatic heterocycles. The van der Waals surface area contributed by atoms with Crippen molar-refractivity contribution in [3.8, 4) is 11.3 Å². The van der Waals surface area contributed by atoms with Gasteiger partial charge in [-0.2, -0.15) is 5.10 Å². The maximum Gasteiger partial charge on any atom is 0.153 e. The number of rotatable bonds is 5. The highest BCUT2D eigenvalue weighted by Gasteiger charge is 2.12. The van der Waals surface area contributed by atoms with Crippen molar-refractivity contribution in [2.75, 3.05) is 0 Å². The van der Waals surface area contributed by atoms with Gasteiger partial charge < -0.3 is 0 Å². The van der Waals surface area contributed by atoms with Crippen LogP contribution in [-0.2, 0) is 6.54 Å². The molecule has 0 saturated carbocycles. The smallest absolute Gasteiger partial charge is 0.153 e. The highest BCUT2D eigenvalue weighted by molar-refractivity contribution is 6.33. The number of carbonyl (C=O) groups is 1. The number of hydrogen-bond acceptors (Lipinski definition) is 2. The zero-order chi connectivity index (χ0) is 13.0. The van der Waals surface area contributed by atoms with Gasteiger partial charge in [0.05, 0.1) is 10.6 Å². The van der Waals surface area contributed by atoms with Crippen molar-refractivity contribution in [3.63, 3.8) is 0 Å². The van der Waals surface area contributed by atoms with Crippen LogP contribution >= 0.6 is 11.6 Å². The van der Waals surface area contributed by atoms with Crippen molar-refractivity contribution in [2.45, 2.75) is 26.3 Å². The molecule has 3 nitrogen and oxygen atoms in total. The van der Waals surface area contributed by atoms with E-state index in [-0.39, 0.29) is 0 Å². The maximum absolute atomic E-state index is 11.1. The van der Waals surface area contributed by atoms with Crippen LogP contribution in [0.5, 0.6) is 0 Å². The van der Waals surface area contributed by atoms with Gasteiger partial charge in [0.15, 0.2) is 6.29 Å². The number of halogens is 1. The molecular formula is C14H15ClN2O. The number of unbranched alkanes of at least 4 members (excludes halogenated alkanes) is 1. The normalized spacial score (nSPS) is 10.6.